The highest BCUT2D eigenvalue weighted by atomic mass is 16.5. The van der Waals surface area contributed by atoms with Crippen LogP contribution in [0.2, 0.25) is 0 Å². The Morgan fingerprint density at radius 3 is 2.24 bits per heavy atom. The lowest BCUT2D eigenvalue weighted by atomic mass is 10.1. The van der Waals surface area contributed by atoms with Gasteiger partial charge in [-0.1, -0.05) is 82.2 Å². The fraction of sp³-hybridized carbons (Fsp3) is 0.526. The average Bonchev–Trinajstić information content (AvgIpc) is 2.51. The molecule has 0 unspecified atom stereocenters. The van der Waals surface area contributed by atoms with Crippen LogP contribution < -0.4 is 0 Å². The molecule has 1 aromatic carbocycles. The second-order valence-corrected chi connectivity index (χ2v) is 5.43. The summed E-state index contributed by atoms with van der Waals surface area (Å²) in [4.78, 5) is 11.5. The quantitative estimate of drug-likeness (QED) is 0.295. The molecule has 0 atom stereocenters. The highest BCUT2D eigenvalue weighted by Gasteiger charge is 2.00. The molecule has 1 aromatic rings. The molecule has 0 saturated heterocycles. The Hall–Kier alpha value is -1.57. The van der Waals surface area contributed by atoms with Gasteiger partial charge in [-0.15, -0.1) is 0 Å². The van der Waals surface area contributed by atoms with E-state index < -0.39 is 0 Å². The van der Waals surface area contributed by atoms with E-state index in [0.29, 0.717) is 6.42 Å². The molecule has 21 heavy (non-hydrogen) atoms. The van der Waals surface area contributed by atoms with E-state index in [1.54, 1.807) is 0 Å². The van der Waals surface area contributed by atoms with Crippen LogP contribution in [0, 0.1) is 0 Å². The number of unbranched alkanes of at least 4 members (excludes halogenated alkanes) is 7. The maximum Gasteiger partial charge on any atom is 0.310 e. The van der Waals surface area contributed by atoms with Crippen LogP contribution in [0.4, 0.5) is 0 Å². The molecule has 0 spiro atoms. The fourth-order valence-electron chi connectivity index (χ4n) is 2.21. The van der Waals surface area contributed by atoms with Gasteiger partial charge in [0.25, 0.3) is 0 Å². The predicted octanol–water partition coefficient (Wildman–Crippen LogP) is 5.73. The van der Waals surface area contributed by atoms with E-state index in [-0.39, 0.29) is 5.97 Å². The maximum absolute atomic E-state index is 11.5. The number of esters is 1. The van der Waals surface area contributed by atoms with Crippen LogP contribution in [0.3, 0.4) is 0 Å². The molecule has 0 aliphatic heterocycles. The Morgan fingerprint density at radius 1 is 0.952 bits per heavy atom. The molecular weight excluding hydrogens is 260 g/mol. The third-order valence-electron chi connectivity index (χ3n) is 3.49. The summed E-state index contributed by atoms with van der Waals surface area (Å²) < 4.78 is 5.09. The van der Waals surface area contributed by atoms with E-state index in [1.165, 1.54) is 44.8 Å². The van der Waals surface area contributed by atoms with Gasteiger partial charge >= 0.3 is 5.97 Å². The van der Waals surface area contributed by atoms with Crippen molar-refractivity contribution in [2.24, 2.45) is 0 Å². The molecular formula is C19H28O2. The van der Waals surface area contributed by atoms with Crippen molar-refractivity contribution in [3.8, 4) is 0 Å². The van der Waals surface area contributed by atoms with Crippen molar-refractivity contribution in [3.63, 3.8) is 0 Å². The molecule has 0 aromatic heterocycles. The molecule has 0 N–H and O–H groups in total. The lowest BCUT2D eigenvalue weighted by Crippen LogP contribution is -1.98. The SMILES string of the molecule is CCCCCCCCCCC(=O)OC=Cc1ccccc1. The van der Waals surface area contributed by atoms with Crippen LogP contribution in [0.1, 0.15) is 70.3 Å². The summed E-state index contributed by atoms with van der Waals surface area (Å²) in [7, 11) is 0. The summed E-state index contributed by atoms with van der Waals surface area (Å²) in [6.45, 7) is 2.23. The maximum atomic E-state index is 11.5. The fourth-order valence-corrected chi connectivity index (χ4v) is 2.21. The van der Waals surface area contributed by atoms with Gasteiger partial charge < -0.3 is 4.74 Å². The normalized spacial score (nSPS) is 10.9. The summed E-state index contributed by atoms with van der Waals surface area (Å²) in [5.74, 6) is -0.131. The van der Waals surface area contributed by atoms with Gasteiger partial charge in [-0.25, -0.2) is 0 Å². The Kier molecular flexibility index (Phi) is 10.1. The molecule has 0 saturated carbocycles. The summed E-state index contributed by atoms with van der Waals surface area (Å²) in [6.07, 6.45) is 13.7. The molecule has 0 aliphatic rings. The molecule has 0 heterocycles. The van der Waals surface area contributed by atoms with Crippen molar-refractivity contribution < 1.29 is 9.53 Å². The minimum Gasteiger partial charge on any atom is -0.434 e. The smallest absolute Gasteiger partial charge is 0.310 e. The monoisotopic (exact) mass is 288 g/mol. The molecule has 0 fully saturated rings. The van der Waals surface area contributed by atoms with Gasteiger partial charge in [0.2, 0.25) is 0 Å². The van der Waals surface area contributed by atoms with Crippen LogP contribution in [-0.2, 0) is 9.53 Å². The number of hydrogen-bond donors (Lipinski definition) is 0. The summed E-state index contributed by atoms with van der Waals surface area (Å²) >= 11 is 0. The predicted molar refractivity (Wildman–Crippen MR) is 88.8 cm³/mol. The lowest BCUT2D eigenvalue weighted by Gasteiger charge is -2.01. The standard InChI is InChI=1S/C19H28O2/c1-2-3-4-5-6-7-8-12-15-19(20)21-17-16-18-13-10-9-11-14-18/h9-11,13-14,16-17H,2-8,12,15H2,1H3. The van der Waals surface area contributed by atoms with Gasteiger partial charge in [0.05, 0.1) is 6.26 Å². The highest BCUT2D eigenvalue weighted by Crippen LogP contribution is 2.10. The first kappa shape index (κ1) is 17.5. The average molecular weight is 288 g/mol. The second kappa shape index (κ2) is 12.2. The number of benzene rings is 1. The van der Waals surface area contributed by atoms with Gasteiger partial charge in [-0.3, -0.25) is 4.79 Å². The van der Waals surface area contributed by atoms with Gasteiger partial charge in [-0.05, 0) is 18.1 Å². The summed E-state index contributed by atoms with van der Waals surface area (Å²) in [6, 6.07) is 9.83. The molecule has 2 heteroatoms. The Bertz CT molecular complexity index is 395. The first-order valence-electron chi connectivity index (χ1n) is 8.24. The lowest BCUT2D eigenvalue weighted by molar-refractivity contribution is -0.138. The second-order valence-electron chi connectivity index (χ2n) is 5.43. The molecule has 0 radical (unpaired) electrons. The Balaban J connectivity index is 1.98. The van der Waals surface area contributed by atoms with E-state index in [4.69, 9.17) is 4.74 Å². The van der Waals surface area contributed by atoms with Crippen LogP contribution in [-0.4, -0.2) is 5.97 Å². The van der Waals surface area contributed by atoms with E-state index >= 15 is 0 Å². The van der Waals surface area contributed by atoms with Crippen molar-refractivity contribution in [1.82, 2.24) is 0 Å². The van der Waals surface area contributed by atoms with Crippen LogP contribution >= 0.6 is 0 Å². The van der Waals surface area contributed by atoms with Crippen molar-refractivity contribution in [1.29, 1.82) is 0 Å². The van der Waals surface area contributed by atoms with Gasteiger partial charge in [-0.2, -0.15) is 0 Å². The van der Waals surface area contributed by atoms with Gasteiger partial charge in [0, 0.05) is 6.42 Å². The van der Waals surface area contributed by atoms with E-state index in [0.717, 1.165) is 18.4 Å². The highest BCUT2D eigenvalue weighted by molar-refractivity contribution is 5.70. The number of ether oxygens (including phenoxy) is 1. The molecule has 0 aliphatic carbocycles. The largest absolute Gasteiger partial charge is 0.434 e. The molecule has 0 amide bonds. The minimum absolute atomic E-state index is 0.131. The number of rotatable bonds is 11. The third-order valence-corrected chi connectivity index (χ3v) is 3.49. The first-order chi connectivity index (χ1) is 10.3. The van der Waals surface area contributed by atoms with Crippen LogP contribution in [0.15, 0.2) is 36.6 Å². The van der Waals surface area contributed by atoms with E-state index in [2.05, 4.69) is 6.92 Å². The summed E-state index contributed by atoms with van der Waals surface area (Å²) in [5.41, 5.74) is 1.04. The first-order valence-corrected chi connectivity index (χ1v) is 8.24. The van der Waals surface area contributed by atoms with Crippen molar-refractivity contribution in [3.05, 3.63) is 42.2 Å². The van der Waals surface area contributed by atoms with Crippen molar-refractivity contribution in [2.45, 2.75) is 64.7 Å². The van der Waals surface area contributed by atoms with E-state index in [1.807, 2.05) is 36.4 Å². The van der Waals surface area contributed by atoms with Crippen LogP contribution in [0.5, 0.6) is 0 Å². The molecule has 116 valence electrons. The molecule has 2 nitrogen and oxygen atoms in total. The summed E-state index contributed by atoms with van der Waals surface area (Å²) in [5, 5.41) is 0. The van der Waals surface area contributed by atoms with Crippen molar-refractivity contribution >= 4 is 12.0 Å². The third kappa shape index (κ3) is 9.89. The number of carbonyl (C=O) groups excluding carboxylic acids is 1. The Labute approximate surface area is 129 Å². The topological polar surface area (TPSA) is 26.3 Å². The number of carbonyl (C=O) groups is 1. The zero-order chi connectivity index (χ0) is 15.2. The van der Waals surface area contributed by atoms with Crippen molar-refractivity contribution in [2.75, 3.05) is 0 Å². The van der Waals surface area contributed by atoms with Gasteiger partial charge in [0.1, 0.15) is 0 Å². The molecule has 1 rings (SSSR count). The Morgan fingerprint density at radius 2 is 1.57 bits per heavy atom. The zero-order valence-electron chi connectivity index (χ0n) is 13.2. The van der Waals surface area contributed by atoms with Gasteiger partial charge in [0.15, 0.2) is 0 Å². The van der Waals surface area contributed by atoms with Crippen LogP contribution in [0.25, 0.3) is 6.08 Å². The van der Waals surface area contributed by atoms with E-state index in [9.17, 15) is 4.79 Å². The zero-order valence-corrected chi connectivity index (χ0v) is 13.2. The molecule has 0 bridgehead atoms. The minimum atomic E-state index is -0.131. The number of hydrogen-bond acceptors (Lipinski definition) is 2.